The summed E-state index contributed by atoms with van der Waals surface area (Å²) in [4.78, 5) is 29.4. The molecule has 2 aromatic carbocycles. The van der Waals surface area contributed by atoms with Crippen molar-refractivity contribution < 1.29 is 14.3 Å². The van der Waals surface area contributed by atoms with Crippen LogP contribution >= 0.6 is 0 Å². The van der Waals surface area contributed by atoms with E-state index in [0.29, 0.717) is 36.9 Å². The van der Waals surface area contributed by atoms with Gasteiger partial charge in [0.25, 0.3) is 0 Å². The summed E-state index contributed by atoms with van der Waals surface area (Å²) in [6, 6.07) is 16.6. The maximum Gasteiger partial charge on any atom is 0.329 e. The molecular formula is C25H26N4O4. The fourth-order valence-electron chi connectivity index (χ4n) is 3.74. The van der Waals surface area contributed by atoms with Crippen LogP contribution in [-0.2, 0) is 24.5 Å². The van der Waals surface area contributed by atoms with E-state index in [1.807, 2.05) is 43.3 Å². The molecule has 170 valence electrons. The third-order valence-corrected chi connectivity index (χ3v) is 5.39. The minimum absolute atomic E-state index is 0.109. The quantitative estimate of drug-likeness (QED) is 0.422. The number of aryl methyl sites for hydroxylation is 2. The summed E-state index contributed by atoms with van der Waals surface area (Å²) in [5.41, 5.74) is 3.15. The van der Waals surface area contributed by atoms with Crippen molar-refractivity contribution in [1.82, 2.24) is 14.1 Å². The highest BCUT2D eigenvalue weighted by Gasteiger charge is 2.14. The van der Waals surface area contributed by atoms with E-state index in [9.17, 15) is 9.59 Å². The van der Waals surface area contributed by atoms with Crippen molar-refractivity contribution in [2.75, 3.05) is 12.4 Å². The molecule has 2 aromatic heterocycles. The summed E-state index contributed by atoms with van der Waals surface area (Å²) in [6.45, 7) is 3.15. The number of fused-ring (bicyclic) bond motifs is 1. The molecule has 1 N–H and O–H groups in total. The summed E-state index contributed by atoms with van der Waals surface area (Å²) >= 11 is 0. The van der Waals surface area contributed by atoms with E-state index in [0.717, 1.165) is 16.6 Å². The topological polar surface area (TPSA) is 87.4 Å². The predicted octanol–water partition coefficient (Wildman–Crippen LogP) is 3.83. The zero-order valence-electron chi connectivity index (χ0n) is 18.7. The summed E-state index contributed by atoms with van der Waals surface area (Å²) in [6.07, 6.45) is 3.57. The second kappa shape index (κ2) is 10.0. The Morgan fingerprint density at radius 1 is 1.00 bits per heavy atom. The van der Waals surface area contributed by atoms with Gasteiger partial charge in [0.05, 0.1) is 18.1 Å². The molecule has 0 unspecified atom stereocenters. The van der Waals surface area contributed by atoms with Crippen molar-refractivity contribution in [3.05, 3.63) is 83.0 Å². The van der Waals surface area contributed by atoms with E-state index in [-0.39, 0.29) is 18.0 Å². The van der Waals surface area contributed by atoms with E-state index in [4.69, 9.17) is 9.47 Å². The molecular weight excluding hydrogens is 420 g/mol. The predicted molar refractivity (Wildman–Crippen MR) is 127 cm³/mol. The van der Waals surface area contributed by atoms with Gasteiger partial charge in [0.15, 0.2) is 11.5 Å². The van der Waals surface area contributed by atoms with Crippen molar-refractivity contribution in [1.29, 1.82) is 0 Å². The molecule has 0 atom stereocenters. The van der Waals surface area contributed by atoms with E-state index < -0.39 is 0 Å². The van der Waals surface area contributed by atoms with Gasteiger partial charge in [-0.15, -0.1) is 0 Å². The summed E-state index contributed by atoms with van der Waals surface area (Å²) in [5, 5.41) is 2.88. The Morgan fingerprint density at radius 2 is 1.73 bits per heavy atom. The Labute approximate surface area is 191 Å². The van der Waals surface area contributed by atoms with Crippen LogP contribution < -0.4 is 20.5 Å². The normalized spacial score (nSPS) is 10.8. The molecule has 0 aliphatic carbocycles. The zero-order chi connectivity index (χ0) is 23.2. The van der Waals surface area contributed by atoms with Gasteiger partial charge in [0, 0.05) is 43.7 Å². The highest BCUT2D eigenvalue weighted by molar-refractivity contribution is 5.91. The summed E-state index contributed by atoms with van der Waals surface area (Å²) in [5.74, 6) is 0.899. The number of aromatic nitrogens is 3. The molecule has 0 aliphatic heterocycles. The number of nitrogens with one attached hydrogen (secondary N) is 1. The van der Waals surface area contributed by atoms with Gasteiger partial charge in [-0.25, -0.2) is 4.79 Å². The number of amides is 1. The Bertz CT molecular complexity index is 1310. The van der Waals surface area contributed by atoms with Crippen molar-refractivity contribution in [2.24, 2.45) is 0 Å². The van der Waals surface area contributed by atoms with Gasteiger partial charge >= 0.3 is 5.69 Å². The number of pyridine rings is 1. The van der Waals surface area contributed by atoms with Gasteiger partial charge in [-0.2, -0.15) is 0 Å². The number of nitrogens with zero attached hydrogens (tertiary/aromatic N) is 3. The second-order valence-corrected chi connectivity index (χ2v) is 7.48. The van der Waals surface area contributed by atoms with Crippen LogP contribution in [0.25, 0.3) is 11.0 Å². The Kier molecular flexibility index (Phi) is 6.73. The number of benzene rings is 2. The lowest BCUT2D eigenvalue weighted by molar-refractivity contribution is -0.116. The number of anilines is 1. The Hall–Kier alpha value is -4.07. The van der Waals surface area contributed by atoms with E-state index in [1.54, 1.807) is 46.8 Å². The molecule has 0 saturated carbocycles. The van der Waals surface area contributed by atoms with Crippen molar-refractivity contribution in [3.8, 4) is 11.5 Å². The van der Waals surface area contributed by atoms with E-state index in [1.165, 1.54) is 0 Å². The van der Waals surface area contributed by atoms with Crippen LogP contribution in [0.3, 0.4) is 0 Å². The van der Waals surface area contributed by atoms with Crippen LogP contribution in [-0.4, -0.2) is 27.1 Å². The number of hydrogen-bond acceptors (Lipinski definition) is 5. The lowest BCUT2D eigenvalue weighted by atomic mass is 10.2. The number of rotatable bonds is 9. The molecule has 1 amide bonds. The molecule has 4 aromatic rings. The third kappa shape index (κ3) is 4.90. The van der Waals surface area contributed by atoms with Gasteiger partial charge in [-0.05, 0) is 48.9 Å². The molecule has 0 radical (unpaired) electrons. The van der Waals surface area contributed by atoms with Gasteiger partial charge in [0.2, 0.25) is 5.91 Å². The molecule has 4 rings (SSSR count). The Balaban J connectivity index is 1.44. The molecule has 0 bridgehead atoms. The first kappa shape index (κ1) is 22.1. The maximum absolute atomic E-state index is 12.8. The first-order valence-corrected chi connectivity index (χ1v) is 10.8. The van der Waals surface area contributed by atoms with Crippen molar-refractivity contribution in [2.45, 2.75) is 33.0 Å². The molecule has 0 saturated heterocycles. The van der Waals surface area contributed by atoms with E-state index in [2.05, 4.69) is 10.3 Å². The third-order valence-electron chi connectivity index (χ3n) is 5.39. The highest BCUT2D eigenvalue weighted by atomic mass is 16.5. The maximum atomic E-state index is 12.8. The smallest absolute Gasteiger partial charge is 0.329 e. The lowest BCUT2D eigenvalue weighted by Crippen LogP contribution is -2.25. The van der Waals surface area contributed by atoms with Gasteiger partial charge in [-0.1, -0.05) is 12.1 Å². The average molecular weight is 447 g/mol. The SMILES string of the molecule is CCn1c(=O)n(CCC(=O)Nc2ccc(OC)c(OCc3ccncc3)c2)c2ccccc21. The number of ether oxygens (including phenoxy) is 2. The van der Waals surface area contributed by atoms with Crippen LogP contribution in [0.1, 0.15) is 18.9 Å². The number of para-hydroxylation sites is 2. The fraction of sp³-hybridized carbons (Fsp3) is 0.240. The van der Waals surface area contributed by atoms with Gasteiger partial charge in [0.1, 0.15) is 6.61 Å². The van der Waals surface area contributed by atoms with Crippen LogP contribution in [0.15, 0.2) is 71.8 Å². The summed E-state index contributed by atoms with van der Waals surface area (Å²) < 4.78 is 14.6. The second-order valence-electron chi connectivity index (χ2n) is 7.48. The Morgan fingerprint density at radius 3 is 2.42 bits per heavy atom. The molecule has 8 nitrogen and oxygen atoms in total. The van der Waals surface area contributed by atoms with Crippen LogP contribution in [0.4, 0.5) is 5.69 Å². The van der Waals surface area contributed by atoms with Gasteiger partial charge in [-0.3, -0.25) is 18.9 Å². The van der Waals surface area contributed by atoms with Crippen LogP contribution in [0, 0.1) is 0 Å². The molecule has 0 fully saturated rings. The molecule has 8 heteroatoms. The van der Waals surface area contributed by atoms with Gasteiger partial charge < -0.3 is 14.8 Å². The molecule has 0 aliphatic rings. The monoisotopic (exact) mass is 446 g/mol. The number of hydrogen-bond donors (Lipinski definition) is 1. The average Bonchev–Trinajstić information content (AvgIpc) is 3.12. The largest absolute Gasteiger partial charge is 0.493 e. The summed E-state index contributed by atoms with van der Waals surface area (Å²) in [7, 11) is 1.57. The van der Waals surface area contributed by atoms with Crippen LogP contribution in [0.5, 0.6) is 11.5 Å². The number of carbonyl (C=O) groups is 1. The number of methoxy groups -OCH3 is 1. The molecule has 33 heavy (non-hydrogen) atoms. The molecule has 2 heterocycles. The lowest BCUT2D eigenvalue weighted by Gasteiger charge is -2.13. The fourth-order valence-corrected chi connectivity index (χ4v) is 3.74. The van der Waals surface area contributed by atoms with Crippen molar-refractivity contribution in [3.63, 3.8) is 0 Å². The minimum Gasteiger partial charge on any atom is -0.493 e. The van der Waals surface area contributed by atoms with E-state index >= 15 is 0 Å². The zero-order valence-corrected chi connectivity index (χ0v) is 18.7. The number of carbonyl (C=O) groups excluding carboxylic acids is 1. The molecule has 0 spiro atoms. The van der Waals surface area contributed by atoms with Crippen molar-refractivity contribution >= 4 is 22.6 Å². The first-order valence-electron chi connectivity index (χ1n) is 10.8. The number of imidazole rings is 1. The minimum atomic E-state index is -0.194. The first-order chi connectivity index (χ1) is 16.1. The standard InChI is InChI=1S/C25H26N4O4/c1-3-28-20-6-4-5-7-21(20)29(25(28)31)15-12-24(30)27-19-8-9-22(32-2)23(16-19)33-17-18-10-13-26-14-11-18/h4-11,13-14,16H,3,12,15,17H2,1-2H3,(H,27,30). The highest BCUT2D eigenvalue weighted by Crippen LogP contribution is 2.31. The van der Waals surface area contributed by atoms with Crippen LogP contribution in [0.2, 0.25) is 0 Å².